The molecule has 1 atom stereocenters. The van der Waals surface area contributed by atoms with Gasteiger partial charge < -0.3 is 9.64 Å². The Kier molecular flexibility index (Phi) is 5.50. The molecule has 112 valence electrons. The van der Waals surface area contributed by atoms with Crippen molar-refractivity contribution in [2.75, 3.05) is 13.1 Å². The first-order valence-electron chi connectivity index (χ1n) is 6.51. The molecule has 0 saturated carbocycles. The van der Waals surface area contributed by atoms with E-state index < -0.39 is 26.0 Å². The highest BCUT2D eigenvalue weighted by Gasteiger charge is 2.31. The average molecular weight is 312 g/mol. The summed E-state index contributed by atoms with van der Waals surface area (Å²) in [5.74, 6) is 0. The van der Waals surface area contributed by atoms with Crippen LogP contribution in [0.2, 0.25) is 0 Å². The number of nitrogens with zero attached hydrogens (tertiary/aromatic N) is 1. The van der Waals surface area contributed by atoms with Crippen LogP contribution in [0.25, 0.3) is 0 Å². The van der Waals surface area contributed by atoms with Crippen molar-refractivity contribution >= 4 is 25.8 Å². The summed E-state index contributed by atoms with van der Waals surface area (Å²) in [6, 6.07) is 0. The van der Waals surface area contributed by atoms with Gasteiger partial charge in [0.05, 0.1) is 5.25 Å². The van der Waals surface area contributed by atoms with Gasteiger partial charge in [-0.25, -0.2) is 13.2 Å². The summed E-state index contributed by atoms with van der Waals surface area (Å²) in [7, 11) is 1.78. The minimum atomic E-state index is -3.65. The lowest BCUT2D eigenvalue weighted by molar-refractivity contribution is 0.0239. The third-order valence-electron chi connectivity index (χ3n) is 2.93. The van der Waals surface area contributed by atoms with Crippen LogP contribution in [0, 0.1) is 0 Å². The molecule has 0 aromatic rings. The molecule has 1 unspecified atom stereocenters. The standard InChI is InChI=1S/C12H22ClNO4S/c1-12(2,3)18-11(15)14-8-6-4-5-7-10(9-14)19(13,16)17/h10H,4-9H2,1-3H3. The van der Waals surface area contributed by atoms with Gasteiger partial charge in [0.1, 0.15) is 5.60 Å². The molecule has 0 aliphatic carbocycles. The van der Waals surface area contributed by atoms with E-state index in [-0.39, 0.29) is 6.54 Å². The van der Waals surface area contributed by atoms with Crippen LogP contribution in [0.3, 0.4) is 0 Å². The molecule has 1 fully saturated rings. The third-order valence-corrected chi connectivity index (χ3v) is 4.87. The van der Waals surface area contributed by atoms with E-state index in [1.165, 1.54) is 4.90 Å². The van der Waals surface area contributed by atoms with Gasteiger partial charge in [0.25, 0.3) is 0 Å². The van der Waals surface area contributed by atoms with Crippen LogP contribution in [0.4, 0.5) is 4.79 Å². The molecule has 1 amide bonds. The van der Waals surface area contributed by atoms with Crippen LogP contribution in [0.5, 0.6) is 0 Å². The lowest BCUT2D eigenvalue weighted by Crippen LogP contribution is -2.43. The van der Waals surface area contributed by atoms with Crippen LogP contribution in [0.1, 0.15) is 46.5 Å². The molecule has 0 aromatic heterocycles. The molecule has 1 aliphatic rings. The maximum Gasteiger partial charge on any atom is 0.410 e. The highest BCUT2D eigenvalue weighted by molar-refractivity contribution is 8.14. The van der Waals surface area contributed by atoms with Crippen molar-refractivity contribution < 1.29 is 17.9 Å². The summed E-state index contributed by atoms with van der Waals surface area (Å²) >= 11 is 0. The summed E-state index contributed by atoms with van der Waals surface area (Å²) in [4.78, 5) is 13.5. The fourth-order valence-corrected chi connectivity index (χ4v) is 3.24. The van der Waals surface area contributed by atoms with E-state index in [0.29, 0.717) is 13.0 Å². The molecule has 19 heavy (non-hydrogen) atoms. The van der Waals surface area contributed by atoms with Gasteiger partial charge in [-0.2, -0.15) is 0 Å². The van der Waals surface area contributed by atoms with Crippen molar-refractivity contribution in [3.05, 3.63) is 0 Å². The van der Waals surface area contributed by atoms with Crippen molar-refractivity contribution in [1.29, 1.82) is 0 Å². The number of amides is 1. The monoisotopic (exact) mass is 311 g/mol. The van der Waals surface area contributed by atoms with E-state index in [9.17, 15) is 13.2 Å². The first-order chi connectivity index (χ1) is 8.59. The summed E-state index contributed by atoms with van der Waals surface area (Å²) in [6.07, 6.45) is 2.58. The van der Waals surface area contributed by atoms with Crippen molar-refractivity contribution in [1.82, 2.24) is 4.90 Å². The highest BCUT2D eigenvalue weighted by atomic mass is 35.7. The Morgan fingerprint density at radius 1 is 1.26 bits per heavy atom. The van der Waals surface area contributed by atoms with E-state index in [4.69, 9.17) is 15.4 Å². The lowest BCUT2D eigenvalue weighted by atomic mass is 10.1. The quantitative estimate of drug-likeness (QED) is 0.698. The molecule has 1 aliphatic heterocycles. The molecular formula is C12H22ClNO4S. The Morgan fingerprint density at radius 2 is 1.89 bits per heavy atom. The van der Waals surface area contributed by atoms with Crippen LogP contribution in [-0.2, 0) is 13.8 Å². The Balaban J connectivity index is 2.77. The highest BCUT2D eigenvalue weighted by Crippen LogP contribution is 2.21. The van der Waals surface area contributed by atoms with Gasteiger partial charge in [0, 0.05) is 23.8 Å². The Morgan fingerprint density at radius 3 is 2.42 bits per heavy atom. The number of ether oxygens (including phenoxy) is 1. The summed E-state index contributed by atoms with van der Waals surface area (Å²) in [6.45, 7) is 5.97. The van der Waals surface area contributed by atoms with E-state index in [1.54, 1.807) is 20.8 Å². The van der Waals surface area contributed by atoms with E-state index in [0.717, 1.165) is 19.3 Å². The molecule has 0 radical (unpaired) electrons. The SMILES string of the molecule is CC(C)(C)OC(=O)N1CCCCCC(S(=O)(=O)Cl)C1. The molecule has 0 N–H and O–H groups in total. The van der Waals surface area contributed by atoms with Crippen LogP contribution in [-0.4, -0.2) is 43.4 Å². The van der Waals surface area contributed by atoms with Crippen LogP contribution in [0.15, 0.2) is 0 Å². The minimum Gasteiger partial charge on any atom is -0.444 e. The molecule has 0 bridgehead atoms. The van der Waals surface area contributed by atoms with Crippen molar-refractivity contribution in [3.63, 3.8) is 0 Å². The van der Waals surface area contributed by atoms with Crippen molar-refractivity contribution in [2.24, 2.45) is 0 Å². The topological polar surface area (TPSA) is 63.7 Å². The lowest BCUT2D eigenvalue weighted by Gasteiger charge is -2.30. The van der Waals surface area contributed by atoms with Crippen molar-refractivity contribution in [3.8, 4) is 0 Å². The van der Waals surface area contributed by atoms with Gasteiger partial charge in [0.2, 0.25) is 9.05 Å². The second kappa shape index (κ2) is 6.31. The molecule has 0 spiro atoms. The predicted octanol–water partition coefficient (Wildman–Crippen LogP) is 2.73. The second-order valence-electron chi connectivity index (χ2n) is 5.87. The summed E-state index contributed by atoms with van der Waals surface area (Å²) in [5.41, 5.74) is -0.589. The summed E-state index contributed by atoms with van der Waals surface area (Å²) < 4.78 is 28.3. The van der Waals surface area contributed by atoms with E-state index >= 15 is 0 Å². The van der Waals surface area contributed by atoms with E-state index in [1.807, 2.05) is 0 Å². The smallest absolute Gasteiger partial charge is 0.410 e. The van der Waals surface area contributed by atoms with E-state index in [2.05, 4.69) is 0 Å². The Hall–Kier alpha value is -0.490. The zero-order chi connectivity index (χ0) is 14.7. The van der Waals surface area contributed by atoms with Gasteiger partial charge in [0.15, 0.2) is 0 Å². The van der Waals surface area contributed by atoms with Gasteiger partial charge in [-0.05, 0) is 33.6 Å². The number of carbonyl (C=O) groups excluding carboxylic acids is 1. The molecule has 1 saturated heterocycles. The van der Waals surface area contributed by atoms with Gasteiger partial charge in [-0.15, -0.1) is 0 Å². The first kappa shape index (κ1) is 16.6. The number of rotatable bonds is 1. The number of hydrogen-bond acceptors (Lipinski definition) is 4. The molecule has 5 nitrogen and oxygen atoms in total. The normalized spacial score (nSPS) is 22.5. The first-order valence-corrected chi connectivity index (χ1v) is 8.88. The number of halogens is 1. The maximum absolute atomic E-state index is 12.0. The third kappa shape index (κ3) is 5.99. The van der Waals surface area contributed by atoms with Crippen molar-refractivity contribution in [2.45, 2.75) is 57.3 Å². The second-order valence-corrected chi connectivity index (χ2v) is 8.78. The largest absolute Gasteiger partial charge is 0.444 e. The zero-order valence-electron chi connectivity index (χ0n) is 11.7. The van der Waals surface area contributed by atoms with Gasteiger partial charge in [-0.3, -0.25) is 0 Å². The molecule has 1 heterocycles. The van der Waals surface area contributed by atoms with Gasteiger partial charge >= 0.3 is 6.09 Å². The fourth-order valence-electron chi connectivity index (χ4n) is 2.00. The Labute approximate surface area is 119 Å². The van der Waals surface area contributed by atoms with Gasteiger partial charge in [-0.1, -0.05) is 12.8 Å². The Bertz CT molecular complexity index is 416. The number of carbonyl (C=O) groups is 1. The molecule has 7 heteroatoms. The number of likely N-dealkylation sites (tertiary alicyclic amines) is 1. The molecule has 0 aromatic carbocycles. The number of hydrogen-bond donors (Lipinski definition) is 0. The summed E-state index contributed by atoms with van der Waals surface area (Å²) in [5, 5.41) is -0.706. The predicted molar refractivity (Wildman–Crippen MR) is 74.8 cm³/mol. The zero-order valence-corrected chi connectivity index (χ0v) is 13.3. The molecular weight excluding hydrogens is 290 g/mol. The fraction of sp³-hybridized carbons (Fsp3) is 0.917. The minimum absolute atomic E-state index is 0.112. The van der Waals surface area contributed by atoms with Crippen LogP contribution >= 0.6 is 10.7 Å². The maximum atomic E-state index is 12.0. The average Bonchev–Trinajstić information content (AvgIpc) is 2.11. The van der Waals surface area contributed by atoms with Crippen LogP contribution < -0.4 is 0 Å². The molecule has 1 rings (SSSR count).